The zero-order valence-corrected chi connectivity index (χ0v) is 16.6. The normalized spacial score (nSPS) is 19.3. The van der Waals surface area contributed by atoms with Crippen LogP contribution < -0.4 is 5.73 Å². The quantitative estimate of drug-likeness (QED) is 0.723. The van der Waals surface area contributed by atoms with E-state index in [0.717, 1.165) is 31.4 Å². The van der Waals surface area contributed by atoms with Crippen molar-refractivity contribution in [3.05, 3.63) is 71.4 Å². The summed E-state index contributed by atoms with van der Waals surface area (Å²) in [4.78, 5) is 18.5. The van der Waals surface area contributed by atoms with Crippen LogP contribution in [-0.2, 0) is 28.0 Å². The van der Waals surface area contributed by atoms with Gasteiger partial charge in [0.25, 0.3) is 0 Å². The Bertz CT molecular complexity index is 1020. The molecule has 1 saturated heterocycles. The first-order chi connectivity index (χ1) is 14.2. The lowest BCUT2D eigenvalue weighted by molar-refractivity contribution is -0.142. The van der Waals surface area contributed by atoms with Gasteiger partial charge in [-0.25, -0.2) is 0 Å². The van der Waals surface area contributed by atoms with Gasteiger partial charge in [-0.2, -0.15) is 0 Å². The molecule has 5 rings (SSSR count). The molecule has 1 spiro atoms. The fourth-order valence-electron chi connectivity index (χ4n) is 4.94. The van der Waals surface area contributed by atoms with E-state index < -0.39 is 6.04 Å². The lowest BCUT2D eigenvalue weighted by atomic mass is 9.83. The molecule has 1 fully saturated rings. The number of amides is 1. The van der Waals surface area contributed by atoms with Gasteiger partial charge in [-0.3, -0.25) is 4.79 Å². The molecule has 150 valence electrons. The summed E-state index contributed by atoms with van der Waals surface area (Å²) in [6.45, 7) is 2.09. The molecule has 0 bridgehead atoms. The summed E-state index contributed by atoms with van der Waals surface area (Å²) < 4.78 is 6.35. The minimum Gasteiger partial charge on any atom is -0.368 e. The fraction of sp³-hybridized carbons (Fsp3) is 0.375. The Morgan fingerprint density at radius 2 is 1.83 bits per heavy atom. The number of aromatic amines is 1. The minimum atomic E-state index is -0.498. The van der Waals surface area contributed by atoms with Crippen molar-refractivity contribution in [3.8, 4) is 0 Å². The number of fused-ring (bicyclic) bond motifs is 4. The average molecular weight is 389 g/mol. The number of rotatable bonds is 3. The van der Waals surface area contributed by atoms with Gasteiger partial charge in [0, 0.05) is 24.0 Å². The third-order valence-electron chi connectivity index (χ3n) is 6.50. The molecular formula is C24H27N3O2. The molecule has 1 atom stereocenters. The van der Waals surface area contributed by atoms with Gasteiger partial charge in [0.05, 0.1) is 18.3 Å². The fourth-order valence-corrected chi connectivity index (χ4v) is 4.94. The van der Waals surface area contributed by atoms with E-state index in [0.29, 0.717) is 19.5 Å². The van der Waals surface area contributed by atoms with E-state index in [1.807, 2.05) is 35.2 Å². The van der Waals surface area contributed by atoms with Crippen LogP contribution >= 0.6 is 0 Å². The van der Waals surface area contributed by atoms with E-state index in [4.69, 9.17) is 10.5 Å². The standard InChI is InChI=1S/C24H27N3O2/c25-20(16-17-6-2-1-3-7-17)23(28)27-13-11-24(12-14-27)22-19(10-15-29-24)18-8-4-5-9-21(18)26-22/h1-9,20,26H,10-16,25H2/t20-/m1/s1. The molecule has 2 aliphatic rings. The summed E-state index contributed by atoms with van der Waals surface area (Å²) in [6.07, 6.45) is 3.11. The third kappa shape index (κ3) is 3.24. The monoisotopic (exact) mass is 389 g/mol. The number of carbonyl (C=O) groups excluding carboxylic acids is 1. The van der Waals surface area contributed by atoms with Crippen LogP contribution in [0.3, 0.4) is 0 Å². The van der Waals surface area contributed by atoms with Crippen LogP contribution in [-0.4, -0.2) is 41.5 Å². The number of nitrogens with one attached hydrogen (secondary N) is 1. The van der Waals surface area contributed by atoms with Crippen molar-refractivity contribution in [1.29, 1.82) is 0 Å². The summed E-state index contributed by atoms with van der Waals surface area (Å²) in [7, 11) is 0. The van der Waals surface area contributed by atoms with Crippen LogP contribution in [0.5, 0.6) is 0 Å². The first-order valence-corrected chi connectivity index (χ1v) is 10.5. The number of hydrogen-bond acceptors (Lipinski definition) is 3. The minimum absolute atomic E-state index is 0.0383. The van der Waals surface area contributed by atoms with Crippen molar-refractivity contribution < 1.29 is 9.53 Å². The van der Waals surface area contributed by atoms with Crippen LogP contribution in [0.15, 0.2) is 54.6 Å². The van der Waals surface area contributed by atoms with Crippen molar-refractivity contribution in [2.45, 2.75) is 37.3 Å². The van der Waals surface area contributed by atoms with Gasteiger partial charge in [0.2, 0.25) is 5.91 Å². The maximum atomic E-state index is 12.9. The predicted octanol–water partition coefficient (Wildman–Crippen LogP) is 3.13. The molecular weight excluding hydrogens is 362 g/mol. The highest BCUT2D eigenvalue weighted by Gasteiger charge is 2.43. The summed E-state index contributed by atoms with van der Waals surface area (Å²) in [5.41, 5.74) is 10.8. The number of aromatic nitrogens is 1. The molecule has 0 radical (unpaired) electrons. The number of carbonyl (C=O) groups is 1. The molecule has 0 unspecified atom stereocenters. The van der Waals surface area contributed by atoms with E-state index in [1.54, 1.807) is 0 Å². The van der Waals surface area contributed by atoms with Crippen molar-refractivity contribution >= 4 is 16.8 Å². The van der Waals surface area contributed by atoms with Gasteiger partial charge in [0.1, 0.15) is 5.60 Å². The summed E-state index contributed by atoms with van der Waals surface area (Å²) >= 11 is 0. The molecule has 0 aliphatic carbocycles. The van der Waals surface area contributed by atoms with Crippen LogP contribution in [0.2, 0.25) is 0 Å². The lowest BCUT2D eigenvalue weighted by Crippen LogP contribution is -2.52. The van der Waals surface area contributed by atoms with Crippen molar-refractivity contribution in [2.75, 3.05) is 19.7 Å². The van der Waals surface area contributed by atoms with Gasteiger partial charge < -0.3 is 20.4 Å². The van der Waals surface area contributed by atoms with E-state index in [2.05, 4.69) is 29.2 Å². The number of nitrogens with two attached hydrogens (primary N) is 1. The number of nitrogens with zero attached hydrogens (tertiary/aromatic N) is 1. The lowest BCUT2D eigenvalue weighted by Gasteiger charge is -2.44. The maximum absolute atomic E-state index is 12.9. The van der Waals surface area contributed by atoms with Crippen molar-refractivity contribution in [1.82, 2.24) is 9.88 Å². The summed E-state index contributed by atoms with van der Waals surface area (Å²) in [5.74, 6) is 0.0383. The third-order valence-corrected chi connectivity index (χ3v) is 6.50. The highest BCUT2D eigenvalue weighted by atomic mass is 16.5. The molecule has 5 heteroatoms. The number of likely N-dealkylation sites (tertiary alicyclic amines) is 1. The second-order valence-corrected chi connectivity index (χ2v) is 8.24. The van der Waals surface area contributed by atoms with E-state index in [1.165, 1.54) is 22.2 Å². The Kier molecular flexibility index (Phi) is 4.64. The molecule has 3 aromatic rings. The van der Waals surface area contributed by atoms with Gasteiger partial charge in [-0.15, -0.1) is 0 Å². The topological polar surface area (TPSA) is 71.3 Å². The number of piperidine rings is 1. The Morgan fingerprint density at radius 1 is 1.10 bits per heavy atom. The van der Waals surface area contributed by atoms with Crippen LogP contribution in [0.1, 0.15) is 29.7 Å². The highest BCUT2D eigenvalue weighted by Crippen LogP contribution is 2.43. The first-order valence-electron chi connectivity index (χ1n) is 10.5. The molecule has 5 nitrogen and oxygen atoms in total. The number of para-hydroxylation sites is 1. The second kappa shape index (κ2) is 7.32. The Hall–Kier alpha value is -2.63. The smallest absolute Gasteiger partial charge is 0.239 e. The van der Waals surface area contributed by atoms with E-state index in [-0.39, 0.29) is 11.5 Å². The number of H-pyrrole nitrogens is 1. The summed E-state index contributed by atoms with van der Waals surface area (Å²) in [6, 6.07) is 17.9. The zero-order chi connectivity index (χ0) is 19.8. The van der Waals surface area contributed by atoms with Gasteiger partial charge in [-0.05, 0) is 42.9 Å². The highest BCUT2D eigenvalue weighted by molar-refractivity contribution is 5.85. The molecule has 3 heterocycles. The Balaban J connectivity index is 1.31. The van der Waals surface area contributed by atoms with Crippen LogP contribution in [0.25, 0.3) is 10.9 Å². The maximum Gasteiger partial charge on any atom is 0.239 e. The number of ether oxygens (including phenoxy) is 1. The van der Waals surface area contributed by atoms with Gasteiger partial charge in [0.15, 0.2) is 0 Å². The zero-order valence-electron chi connectivity index (χ0n) is 16.6. The Morgan fingerprint density at radius 3 is 2.62 bits per heavy atom. The van der Waals surface area contributed by atoms with Crippen molar-refractivity contribution in [3.63, 3.8) is 0 Å². The van der Waals surface area contributed by atoms with Crippen molar-refractivity contribution in [2.24, 2.45) is 5.73 Å². The number of hydrogen-bond donors (Lipinski definition) is 2. The van der Waals surface area contributed by atoms with Gasteiger partial charge in [-0.1, -0.05) is 48.5 Å². The molecule has 1 amide bonds. The second-order valence-electron chi connectivity index (χ2n) is 8.24. The molecule has 0 saturated carbocycles. The van der Waals surface area contributed by atoms with E-state index in [9.17, 15) is 4.79 Å². The molecule has 3 N–H and O–H groups in total. The molecule has 29 heavy (non-hydrogen) atoms. The largest absolute Gasteiger partial charge is 0.368 e. The number of benzene rings is 2. The Labute approximate surface area is 170 Å². The van der Waals surface area contributed by atoms with Gasteiger partial charge >= 0.3 is 0 Å². The SMILES string of the molecule is N[C@H](Cc1ccccc1)C(=O)N1CCC2(CC1)OCCc1c2[nH]c2ccccc12. The molecule has 1 aromatic heterocycles. The van der Waals surface area contributed by atoms with Crippen LogP contribution in [0.4, 0.5) is 0 Å². The first kappa shape index (κ1) is 18.4. The summed E-state index contributed by atoms with van der Waals surface area (Å²) in [5, 5.41) is 1.30. The van der Waals surface area contributed by atoms with E-state index >= 15 is 0 Å². The molecule has 2 aliphatic heterocycles. The average Bonchev–Trinajstić information content (AvgIpc) is 3.15. The van der Waals surface area contributed by atoms with Crippen LogP contribution in [0, 0.1) is 0 Å². The predicted molar refractivity (Wildman–Crippen MR) is 114 cm³/mol. The molecule has 2 aromatic carbocycles.